The van der Waals surface area contributed by atoms with Crippen LogP contribution in [0.15, 0.2) is 22.7 Å². The third-order valence-electron chi connectivity index (χ3n) is 3.10. The zero-order valence-corrected chi connectivity index (χ0v) is 13.4. The number of benzene rings is 1. The Balaban J connectivity index is 2.15. The predicted octanol–water partition coefficient (Wildman–Crippen LogP) is 2.41. The number of nitrogens with one attached hydrogen (secondary N) is 1. The standard InChI is InChI=1S/C12H13BrClNO3S/c1-12(4-5-19(17,18)7-12)15-11(16)8-2-3-10(14)9(13)6-8/h2-3,6H,4-5,7H2,1H3,(H,15,16). The van der Waals surface area contributed by atoms with Crippen molar-refractivity contribution in [3.63, 3.8) is 0 Å². The van der Waals surface area contributed by atoms with Crippen LogP contribution in [0.4, 0.5) is 0 Å². The van der Waals surface area contributed by atoms with Crippen molar-refractivity contribution < 1.29 is 13.2 Å². The zero-order chi connectivity index (χ0) is 14.3. The van der Waals surface area contributed by atoms with Gasteiger partial charge in [-0.15, -0.1) is 0 Å². The van der Waals surface area contributed by atoms with Crippen LogP contribution in [0.5, 0.6) is 0 Å². The molecule has 4 nitrogen and oxygen atoms in total. The lowest BCUT2D eigenvalue weighted by atomic mass is 10.0. The van der Waals surface area contributed by atoms with Gasteiger partial charge in [0.1, 0.15) is 0 Å². The maximum atomic E-state index is 12.1. The van der Waals surface area contributed by atoms with Gasteiger partial charge in [-0.1, -0.05) is 11.6 Å². The first-order chi connectivity index (χ1) is 8.71. The molecule has 1 aliphatic heterocycles. The van der Waals surface area contributed by atoms with Crippen molar-refractivity contribution in [3.05, 3.63) is 33.3 Å². The van der Waals surface area contributed by atoms with Crippen LogP contribution in [0.3, 0.4) is 0 Å². The van der Waals surface area contributed by atoms with E-state index >= 15 is 0 Å². The van der Waals surface area contributed by atoms with Crippen molar-refractivity contribution in [3.8, 4) is 0 Å². The average Bonchev–Trinajstić information content (AvgIpc) is 2.56. The third-order valence-corrected chi connectivity index (χ3v) is 6.22. The molecule has 104 valence electrons. The van der Waals surface area contributed by atoms with Crippen LogP contribution in [0.2, 0.25) is 5.02 Å². The number of halogens is 2. The molecule has 1 aromatic carbocycles. The molecule has 0 aliphatic carbocycles. The Labute approximate surface area is 125 Å². The highest BCUT2D eigenvalue weighted by Crippen LogP contribution is 2.25. The van der Waals surface area contributed by atoms with E-state index in [0.717, 1.165) is 0 Å². The Morgan fingerprint density at radius 3 is 2.68 bits per heavy atom. The lowest BCUT2D eigenvalue weighted by Crippen LogP contribution is -2.46. The van der Waals surface area contributed by atoms with Gasteiger partial charge in [-0.3, -0.25) is 4.79 Å². The Kier molecular flexibility index (Phi) is 3.95. The highest BCUT2D eigenvalue weighted by Gasteiger charge is 2.39. The molecule has 0 aromatic heterocycles. The summed E-state index contributed by atoms with van der Waals surface area (Å²) in [6.07, 6.45) is 0.440. The van der Waals surface area contributed by atoms with Gasteiger partial charge in [0.05, 0.1) is 22.1 Å². The first-order valence-corrected chi connectivity index (χ1v) is 8.68. The minimum Gasteiger partial charge on any atom is -0.346 e. The van der Waals surface area contributed by atoms with Crippen LogP contribution in [0.1, 0.15) is 23.7 Å². The summed E-state index contributed by atoms with van der Waals surface area (Å²) in [5.74, 6) is -0.189. The Hall–Kier alpha value is -0.590. The maximum absolute atomic E-state index is 12.1. The van der Waals surface area contributed by atoms with Crippen molar-refractivity contribution in [1.82, 2.24) is 5.32 Å². The summed E-state index contributed by atoms with van der Waals surface area (Å²) in [6.45, 7) is 1.75. The number of rotatable bonds is 2. The van der Waals surface area contributed by atoms with Gasteiger partial charge in [0.25, 0.3) is 5.91 Å². The lowest BCUT2D eigenvalue weighted by Gasteiger charge is -2.23. The van der Waals surface area contributed by atoms with E-state index in [2.05, 4.69) is 21.2 Å². The highest BCUT2D eigenvalue weighted by atomic mass is 79.9. The molecular weight excluding hydrogens is 354 g/mol. The number of hydrogen-bond acceptors (Lipinski definition) is 3. The van der Waals surface area contributed by atoms with E-state index in [-0.39, 0.29) is 17.4 Å². The second kappa shape index (κ2) is 5.07. The van der Waals surface area contributed by atoms with E-state index in [4.69, 9.17) is 11.6 Å². The van der Waals surface area contributed by atoms with Gasteiger partial charge in [-0.2, -0.15) is 0 Å². The van der Waals surface area contributed by atoms with Crippen molar-refractivity contribution in [2.75, 3.05) is 11.5 Å². The molecule has 1 unspecified atom stereocenters. The Bertz CT molecular complexity index is 632. The van der Waals surface area contributed by atoms with Crippen molar-refractivity contribution in [2.24, 2.45) is 0 Å². The fourth-order valence-corrected chi connectivity index (χ4v) is 4.68. The minimum absolute atomic E-state index is 0.0134. The maximum Gasteiger partial charge on any atom is 0.251 e. The molecule has 1 N–H and O–H groups in total. The summed E-state index contributed by atoms with van der Waals surface area (Å²) >= 11 is 9.11. The second-order valence-electron chi connectivity index (χ2n) is 4.99. The van der Waals surface area contributed by atoms with E-state index < -0.39 is 15.4 Å². The van der Waals surface area contributed by atoms with E-state index in [9.17, 15) is 13.2 Å². The molecule has 0 bridgehead atoms. The molecule has 0 radical (unpaired) electrons. The molecule has 1 amide bonds. The van der Waals surface area contributed by atoms with Gasteiger partial charge >= 0.3 is 0 Å². The summed E-state index contributed by atoms with van der Waals surface area (Å²) < 4.78 is 23.6. The number of hydrogen-bond donors (Lipinski definition) is 1. The average molecular weight is 367 g/mol. The first-order valence-electron chi connectivity index (χ1n) is 5.69. The fraction of sp³-hybridized carbons (Fsp3) is 0.417. The monoisotopic (exact) mass is 365 g/mol. The molecule has 1 aliphatic rings. The minimum atomic E-state index is -3.04. The second-order valence-corrected chi connectivity index (χ2v) is 8.43. The summed E-state index contributed by atoms with van der Waals surface area (Å²) in [5, 5.41) is 3.31. The topological polar surface area (TPSA) is 63.2 Å². The van der Waals surface area contributed by atoms with Crippen molar-refractivity contribution in [1.29, 1.82) is 0 Å². The molecule has 19 heavy (non-hydrogen) atoms. The van der Waals surface area contributed by atoms with Gasteiger partial charge in [0.15, 0.2) is 9.84 Å². The Morgan fingerprint density at radius 1 is 1.47 bits per heavy atom. The van der Waals surface area contributed by atoms with Crippen LogP contribution in [0, 0.1) is 0 Å². The normalized spacial score (nSPS) is 25.2. The van der Waals surface area contributed by atoms with Crippen LogP contribution in [0.25, 0.3) is 0 Å². The molecule has 1 heterocycles. The molecule has 1 atom stereocenters. The van der Waals surface area contributed by atoms with Gasteiger partial charge in [-0.05, 0) is 47.5 Å². The van der Waals surface area contributed by atoms with Crippen LogP contribution in [-0.2, 0) is 9.84 Å². The number of carbonyl (C=O) groups excluding carboxylic acids is 1. The summed E-state index contributed by atoms with van der Waals surface area (Å²) in [7, 11) is -3.04. The lowest BCUT2D eigenvalue weighted by molar-refractivity contribution is 0.0915. The fourth-order valence-electron chi connectivity index (χ4n) is 2.09. The van der Waals surface area contributed by atoms with Gasteiger partial charge in [0, 0.05) is 10.0 Å². The summed E-state index contributed by atoms with van der Waals surface area (Å²) in [6, 6.07) is 4.84. The van der Waals surface area contributed by atoms with Crippen molar-refractivity contribution >= 4 is 43.3 Å². The zero-order valence-electron chi connectivity index (χ0n) is 10.2. The van der Waals surface area contributed by atoms with E-state index in [0.29, 0.717) is 21.5 Å². The van der Waals surface area contributed by atoms with E-state index in [1.54, 1.807) is 25.1 Å². The van der Waals surface area contributed by atoms with Crippen molar-refractivity contribution in [2.45, 2.75) is 18.9 Å². The summed E-state index contributed by atoms with van der Waals surface area (Å²) in [5.41, 5.74) is -0.246. The molecule has 0 spiro atoms. The van der Waals surface area contributed by atoms with Crippen LogP contribution >= 0.6 is 27.5 Å². The Morgan fingerprint density at radius 2 is 2.16 bits per heavy atom. The molecule has 7 heteroatoms. The molecule has 1 aromatic rings. The molecular formula is C12H13BrClNO3S. The highest BCUT2D eigenvalue weighted by molar-refractivity contribution is 9.10. The van der Waals surface area contributed by atoms with E-state index in [1.165, 1.54) is 0 Å². The number of carbonyl (C=O) groups is 1. The predicted molar refractivity (Wildman–Crippen MR) is 78.3 cm³/mol. The molecule has 1 fully saturated rings. The van der Waals surface area contributed by atoms with Crippen LogP contribution in [-0.4, -0.2) is 31.4 Å². The SMILES string of the molecule is CC1(NC(=O)c2ccc(Cl)c(Br)c2)CCS(=O)(=O)C1. The smallest absolute Gasteiger partial charge is 0.251 e. The number of sulfone groups is 1. The number of amides is 1. The van der Waals surface area contributed by atoms with Gasteiger partial charge < -0.3 is 5.32 Å². The molecule has 1 saturated heterocycles. The third kappa shape index (κ3) is 3.49. The first kappa shape index (κ1) is 14.8. The molecule has 2 rings (SSSR count). The quantitative estimate of drug-likeness (QED) is 0.874. The van der Waals surface area contributed by atoms with Crippen LogP contribution < -0.4 is 5.32 Å². The molecule has 0 saturated carbocycles. The van der Waals surface area contributed by atoms with Gasteiger partial charge in [-0.25, -0.2) is 8.42 Å². The largest absolute Gasteiger partial charge is 0.346 e. The van der Waals surface area contributed by atoms with E-state index in [1.807, 2.05) is 0 Å². The van der Waals surface area contributed by atoms with Gasteiger partial charge in [0.2, 0.25) is 0 Å². The summed E-state index contributed by atoms with van der Waals surface area (Å²) in [4.78, 5) is 12.1.